The molecule has 0 atom stereocenters. The number of carbonyl (C=O) groups is 2. The maximum absolute atomic E-state index is 12.2. The lowest BCUT2D eigenvalue weighted by molar-refractivity contribution is -0.132. The van der Waals surface area contributed by atoms with E-state index < -0.39 is 18.2 Å². The van der Waals surface area contributed by atoms with E-state index in [4.69, 9.17) is 31.0 Å². The lowest BCUT2D eigenvalue weighted by Gasteiger charge is -2.23. The number of rotatable bonds is 4. The Morgan fingerprint density at radius 1 is 0.867 bits per heavy atom. The summed E-state index contributed by atoms with van der Waals surface area (Å²) in [5, 5.41) is 2.77. The van der Waals surface area contributed by atoms with Crippen LogP contribution in [0.4, 0.5) is 5.69 Å². The van der Waals surface area contributed by atoms with Crippen molar-refractivity contribution in [3.63, 3.8) is 0 Å². The number of hydrogen-bond acceptors (Lipinski definition) is 4. The van der Waals surface area contributed by atoms with Gasteiger partial charge in [-0.2, -0.15) is 0 Å². The Kier molecular flexibility index (Phi) is 7.98. The molecule has 30 heavy (non-hydrogen) atoms. The van der Waals surface area contributed by atoms with Crippen LogP contribution in [0.25, 0.3) is 4.85 Å². The molecule has 2 N–H and O–H groups in total. The Bertz CT molecular complexity index is 998. The zero-order valence-corrected chi connectivity index (χ0v) is 18.4. The molecular formula is C21H21N5O2S2. The number of thiocarbonyl (C=S) groups is 2. The Balaban J connectivity index is 1.86. The average Bonchev–Trinajstić information content (AvgIpc) is 2.72. The number of nitrogens with one attached hydrogen (secondary N) is 2. The van der Waals surface area contributed by atoms with Gasteiger partial charge >= 0.3 is 0 Å². The van der Waals surface area contributed by atoms with Crippen LogP contribution in [0, 0.1) is 13.5 Å². The summed E-state index contributed by atoms with van der Waals surface area (Å²) in [5.41, 5.74) is 8.21. The van der Waals surface area contributed by atoms with E-state index in [-0.39, 0.29) is 0 Å². The molecule has 0 radical (unpaired) electrons. The van der Waals surface area contributed by atoms with E-state index in [2.05, 4.69) is 15.7 Å². The minimum absolute atomic E-state index is 0.359. The summed E-state index contributed by atoms with van der Waals surface area (Å²) < 4.78 is 0. The number of nitrogens with zero attached hydrogens (tertiary/aromatic N) is 3. The lowest BCUT2D eigenvalue weighted by Crippen LogP contribution is -2.47. The van der Waals surface area contributed by atoms with Gasteiger partial charge in [0.1, 0.15) is 16.4 Å². The van der Waals surface area contributed by atoms with Gasteiger partial charge in [0.25, 0.3) is 0 Å². The van der Waals surface area contributed by atoms with Crippen LogP contribution in [0.1, 0.15) is 23.1 Å². The van der Waals surface area contributed by atoms with Crippen molar-refractivity contribution in [3.05, 3.63) is 76.6 Å². The maximum Gasteiger partial charge on any atom is 0.248 e. The third-order valence-electron chi connectivity index (χ3n) is 4.06. The largest absolute Gasteiger partial charge is 0.277 e. The molecule has 0 bridgehead atoms. The molecule has 2 rings (SSSR count). The van der Waals surface area contributed by atoms with Crippen molar-refractivity contribution in [1.29, 1.82) is 0 Å². The first-order chi connectivity index (χ1) is 14.2. The zero-order valence-electron chi connectivity index (χ0n) is 16.8. The van der Waals surface area contributed by atoms with E-state index in [0.29, 0.717) is 21.2 Å². The summed E-state index contributed by atoms with van der Waals surface area (Å²) in [7, 11) is 3.20. The number of amides is 2. The minimum atomic E-state index is -0.523. The molecule has 0 aliphatic heterocycles. The van der Waals surface area contributed by atoms with Gasteiger partial charge in [-0.05, 0) is 6.92 Å². The molecule has 154 valence electrons. The first-order valence-corrected chi connectivity index (χ1v) is 9.72. The van der Waals surface area contributed by atoms with Crippen molar-refractivity contribution in [1.82, 2.24) is 20.9 Å². The second-order valence-corrected chi connectivity index (χ2v) is 7.27. The van der Waals surface area contributed by atoms with Crippen molar-refractivity contribution < 1.29 is 9.59 Å². The van der Waals surface area contributed by atoms with Crippen LogP contribution < -0.4 is 10.9 Å². The lowest BCUT2D eigenvalue weighted by atomic mass is 10.1. The SMILES string of the molecule is [C-]#[N+]c1ccc(C(=S)N(C)NC(=O)CC(=O)NN(C)C(=S)c2ccc(C)cc2)cc1. The van der Waals surface area contributed by atoms with Crippen LogP contribution in [0.15, 0.2) is 48.5 Å². The predicted molar refractivity (Wildman–Crippen MR) is 124 cm³/mol. The molecular weight excluding hydrogens is 418 g/mol. The Hall–Kier alpha value is -3.35. The predicted octanol–water partition coefficient (Wildman–Crippen LogP) is 2.91. The van der Waals surface area contributed by atoms with Gasteiger partial charge in [0.15, 0.2) is 5.69 Å². The van der Waals surface area contributed by atoms with Crippen LogP contribution in [0.3, 0.4) is 0 Å². The molecule has 0 aromatic heterocycles. The number of carbonyl (C=O) groups excluding carboxylic acids is 2. The smallest absolute Gasteiger partial charge is 0.248 e. The molecule has 2 amide bonds. The average molecular weight is 440 g/mol. The summed E-state index contributed by atoms with van der Waals surface area (Å²) >= 11 is 10.7. The molecule has 0 saturated heterocycles. The highest BCUT2D eigenvalue weighted by atomic mass is 32.1. The van der Waals surface area contributed by atoms with Gasteiger partial charge in [0.2, 0.25) is 11.8 Å². The Labute approximate surface area is 186 Å². The molecule has 0 fully saturated rings. The summed E-state index contributed by atoms with van der Waals surface area (Å²) in [6, 6.07) is 14.3. The highest BCUT2D eigenvalue weighted by Crippen LogP contribution is 2.14. The van der Waals surface area contributed by atoms with Gasteiger partial charge in [-0.15, -0.1) is 0 Å². The van der Waals surface area contributed by atoms with Crippen LogP contribution in [0.2, 0.25) is 0 Å². The van der Waals surface area contributed by atoms with Crippen molar-refractivity contribution in [2.75, 3.05) is 14.1 Å². The normalized spacial score (nSPS) is 9.80. The molecule has 0 unspecified atom stereocenters. The number of benzene rings is 2. The summed E-state index contributed by atoms with van der Waals surface area (Å²) in [5.74, 6) is -1.03. The second-order valence-electron chi connectivity index (χ2n) is 6.50. The first kappa shape index (κ1) is 22.9. The fraction of sp³-hybridized carbons (Fsp3) is 0.190. The molecule has 9 heteroatoms. The van der Waals surface area contributed by atoms with Gasteiger partial charge in [0.05, 0.1) is 6.57 Å². The van der Waals surface area contributed by atoms with E-state index in [1.54, 1.807) is 38.4 Å². The van der Waals surface area contributed by atoms with Gasteiger partial charge in [-0.3, -0.25) is 30.5 Å². The summed E-state index contributed by atoms with van der Waals surface area (Å²) in [6.45, 7) is 8.95. The molecule has 7 nitrogen and oxygen atoms in total. The maximum atomic E-state index is 12.2. The molecule has 0 spiro atoms. The monoisotopic (exact) mass is 439 g/mol. The number of aryl methyl sites for hydroxylation is 1. The quantitative estimate of drug-likeness (QED) is 0.330. The zero-order chi connectivity index (χ0) is 22.3. The third-order valence-corrected chi connectivity index (χ3v) is 5.08. The fourth-order valence-electron chi connectivity index (χ4n) is 2.46. The van der Waals surface area contributed by atoms with E-state index in [1.807, 2.05) is 31.2 Å². The van der Waals surface area contributed by atoms with Crippen LogP contribution >= 0.6 is 24.4 Å². The van der Waals surface area contributed by atoms with E-state index >= 15 is 0 Å². The fourth-order valence-corrected chi connectivity index (χ4v) is 2.83. The van der Waals surface area contributed by atoms with Crippen molar-refractivity contribution in [3.8, 4) is 0 Å². The number of hydrazine groups is 2. The molecule has 0 saturated carbocycles. The van der Waals surface area contributed by atoms with Gasteiger partial charge < -0.3 is 0 Å². The summed E-state index contributed by atoms with van der Waals surface area (Å²) in [6.07, 6.45) is -0.398. The molecule has 2 aromatic carbocycles. The van der Waals surface area contributed by atoms with E-state index in [0.717, 1.165) is 11.1 Å². The first-order valence-electron chi connectivity index (χ1n) is 8.90. The molecule has 0 aliphatic rings. The topological polar surface area (TPSA) is 69.0 Å². The highest BCUT2D eigenvalue weighted by molar-refractivity contribution is 7.80. The van der Waals surface area contributed by atoms with Gasteiger partial charge in [-0.1, -0.05) is 78.5 Å². The number of hydrogen-bond donors (Lipinski definition) is 2. The van der Waals surface area contributed by atoms with Crippen LogP contribution in [-0.2, 0) is 9.59 Å². The van der Waals surface area contributed by atoms with Crippen LogP contribution in [-0.4, -0.2) is 45.9 Å². The third kappa shape index (κ3) is 6.34. The van der Waals surface area contributed by atoms with E-state index in [9.17, 15) is 9.59 Å². The van der Waals surface area contributed by atoms with Crippen molar-refractivity contribution >= 4 is 51.9 Å². The van der Waals surface area contributed by atoms with Crippen molar-refractivity contribution in [2.24, 2.45) is 0 Å². The Morgan fingerprint density at radius 3 is 1.67 bits per heavy atom. The molecule has 0 aliphatic carbocycles. The molecule has 2 aromatic rings. The van der Waals surface area contributed by atoms with Crippen LogP contribution in [0.5, 0.6) is 0 Å². The highest BCUT2D eigenvalue weighted by Gasteiger charge is 2.16. The van der Waals surface area contributed by atoms with E-state index in [1.165, 1.54) is 10.0 Å². The van der Waals surface area contributed by atoms with Gasteiger partial charge in [0, 0.05) is 25.2 Å². The summed E-state index contributed by atoms with van der Waals surface area (Å²) in [4.78, 5) is 28.5. The Morgan fingerprint density at radius 2 is 1.27 bits per heavy atom. The van der Waals surface area contributed by atoms with Gasteiger partial charge in [-0.25, -0.2) is 4.85 Å². The second kappa shape index (κ2) is 10.4. The van der Waals surface area contributed by atoms with Crippen molar-refractivity contribution in [2.45, 2.75) is 13.3 Å². The molecule has 0 heterocycles. The standard InChI is InChI=1S/C21H21N5O2S2/c1-14-5-7-15(8-6-14)20(29)25(3)23-18(27)13-19(28)24-26(4)21(30)16-9-11-17(22-2)12-10-16/h5-12H,13H2,1,3-4H3,(H,23,27)(H,24,28). The minimum Gasteiger partial charge on any atom is -0.277 e.